The zero-order valence-corrected chi connectivity index (χ0v) is 18.3. The monoisotopic (exact) mass is 408 g/mol. The molecule has 5 rings (SSSR count). The van der Waals surface area contributed by atoms with Crippen molar-refractivity contribution in [1.29, 1.82) is 0 Å². The van der Waals surface area contributed by atoms with Crippen molar-refractivity contribution in [2.45, 2.75) is 69.4 Å². The van der Waals surface area contributed by atoms with E-state index in [2.05, 4.69) is 46.2 Å². The molecular weight excluding hydrogens is 372 g/mol. The van der Waals surface area contributed by atoms with Crippen LogP contribution in [0.5, 0.6) is 0 Å². The fourth-order valence-electron chi connectivity index (χ4n) is 6.36. The van der Waals surface area contributed by atoms with Crippen LogP contribution in [-0.2, 0) is 4.79 Å². The lowest BCUT2D eigenvalue weighted by Crippen LogP contribution is -2.85. The Bertz CT molecular complexity index is 786. The molecule has 0 bridgehead atoms. The molecule has 1 N–H and O–H groups in total. The van der Waals surface area contributed by atoms with Gasteiger partial charge in [0.2, 0.25) is 5.91 Å². The van der Waals surface area contributed by atoms with Crippen LogP contribution in [0.1, 0.15) is 68.9 Å². The highest BCUT2D eigenvalue weighted by Gasteiger charge is 2.66. The molecule has 2 heterocycles. The smallest absolute Gasteiger partial charge is 0.222 e. The van der Waals surface area contributed by atoms with Crippen LogP contribution in [0.4, 0.5) is 0 Å². The van der Waals surface area contributed by atoms with E-state index in [4.69, 9.17) is 0 Å². The van der Waals surface area contributed by atoms with Crippen LogP contribution < -0.4 is 0 Å². The van der Waals surface area contributed by atoms with E-state index in [0.29, 0.717) is 17.7 Å². The fourth-order valence-corrected chi connectivity index (χ4v) is 6.36. The average molecular weight is 409 g/mol. The molecule has 4 heteroatoms. The van der Waals surface area contributed by atoms with Crippen molar-refractivity contribution < 1.29 is 9.90 Å². The Balaban J connectivity index is 1.37. The summed E-state index contributed by atoms with van der Waals surface area (Å²) in [6.07, 6.45) is 12.7. The SMILES string of the molecule is C/C=C/c1ccc([C@@H]2[C@H](CO)N(CC3CCCC3)C23CN(C(=O)CC2CC2)C3)cc1. The molecule has 0 aromatic heterocycles. The highest BCUT2D eigenvalue weighted by atomic mass is 16.3. The molecule has 30 heavy (non-hydrogen) atoms. The summed E-state index contributed by atoms with van der Waals surface area (Å²) in [6, 6.07) is 9.04. The Hall–Kier alpha value is -1.65. The first kappa shape index (κ1) is 20.3. The third kappa shape index (κ3) is 3.52. The maximum Gasteiger partial charge on any atom is 0.222 e. The molecule has 0 unspecified atom stereocenters. The van der Waals surface area contributed by atoms with E-state index < -0.39 is 0 Å². The highest BCUT2D eigenvalue weighted by molar-refractivity contribution is 5.78. The first-order valence-electron chi connectivity index (χ1n) is 12.0. The molecule has 2 saturated heterocycles. The van der Waals surface area contributed by atoms with Gasteiger partial charge in [0.25, 0.3) is 0 Å². The summed E-state index contributed by atoms with van der Waals surface area (Å²) in [7, 11) is 0. The Morgan fingerprint density at radius 3 is 2.40 bits per heavy atom. The number of hydrogen-bond acceptors (Lipinski definition) is 3. The summed E-state index contributed by atoms with van der Waals surface area (Å²) in [5, 5.41) is 10.3. The van der Waals surface area contributed by atoms with E-state index in [0.717, 1.165) is 32.0 Å². The van der Waals surface area contributed by atoms with Gasteiger partial charge in [-0.3, -0.25) is 9.69 Å². The second kappa shape index (κ2) is 8.12. The lowest BCUT2D eigenvalue weighted by Gasteiger charge is -2.71. The summed E-state index contributed by atoms with van der Waals surface area (Å²) in [5.74, 6) is 2.06. The van der Waals surface area contributed by atoms with E-state index >= 15 is 0 Å². The molecule has 1 amide bonds. The molecule has 2 aliphatic carbocycles. The third-order valence-corrected chi connectivity index (χ3v) is 8.15. The number of rotatable bonds is 7. The van der Waals surface area contributed by atoms with Gasteiger partial charge < -0.3 is 10.0 Å². The summed E-state index contributed by atoms with van der Waals surface area (Å²) < 4.78 is 0. The molecular formula is C26H36N2O2. The second-order valence-electron chi connectivity index (χ2n) is 10.2. The quantitative estimate of drug-likeness (QED) is 0.740. The number of likely N-dealkylation sites (tertiary alicyclic amines) is 2. The number of carbonyl (C=O) groups excluding carboxylic acids is 1. The Kier molecular flexibility index (Phi) is 5.49. The predicted molar refractivity (Wildman–Crippen MR) is 120 cm³/mol. The van der Waals surface area contributed by atoms with Crippen LogP contribution >= 0.6 is 0 Å². The number of hydrogen-bond donors (Lipinski definition) is 1. The molecule has 4 nitrogen and oxygen atoms in total. The predicted octanol–water partition coefficient (Wildman–Crippen LogP) is 4.05. The Morgan fingerprint density at radius 1 is 1.10 bits per heavy atom. The van der Waals surface area contributed by atoms with E-state index in [-0.39, 0.29) is 18.2 Å². The Morgan fingerprint density at radius 2 is 1.80 bits per heavy atom. The number of benzene rings is 1. The standard InChI is InChI=1S/C26H36N2O2/c1-2-5-19-10-12-22(13-11-19)25-23(16-29)28(15-21-6-3-4-7-21)26(25)17-27(18-26)24(30)14-20-8-9-20/h2,5,10-13,20-21,23,25,29H,3-4,6-9,14-18H2,1H3/b5-2+/t23-,25+/m0/s1. The fraction of sp³-hybridized carbons (Fsp3) is 0.654. The lowest BCUT2D eigenvalue weighted by molar-refractivity contribution is -0.199. The molecule has 1 aromatic carbocycles. The maximum absolute atomic E-state index is 12.7. The first-order chi connectivity index (χ1) is 14.6. The molecule has 1 spiro atoms. The maximum atomic E-state index is 12.7. The van der Waals surface area contributed by atoms with E-state index in [1.54, 1.807) is 0 Å². The number of amides is 1. The topological polar surface area (TPSA) is 43.8 Å². The van der Waals surface area contributed by atoms with Crippen LogP contribution in [0.25, 0.3) is 6.08 Å². The second-order valence-corrected chi connectivity index (χ2v) is 10.2. The van der Waals surface area contributed by atoms with Gasteiger partial charge in [-0.25, -0.2) is 0 Å². The van der Waals surface area contributed by atoms with Gasteiger partial charge in [0.15, 0.2) is 0 Å². The molecule has 2 saturated carbocycles. The molecule has 162 valence electrons. The van der Waals surface area contributed by atoms with Crippen molar-refractivity contribution in [3.05, 3.63) is 41.5 Å². The molecule has 0 radical (unpaired) electrons. The largest absolute Gasteiger partial charge is 0.395 e. The highest BCUT2D eigenvalue weighted by Crippen LogP contribution is 2.55. The average Bonchev–Trinajstić information content (AvgIpc) is 3.36. The number of nitrogens with zero attached hydrogens (tertiary/aromatic N) is 2. The van der Waals surface area contributed by atoms with Crippen LogP contribution in [0.15, 0.2) is 30.3 Å². The van der Waals surface area contributed by atoms with Crippen molar-refractivity contribution in [1.82, 2.24) is 9.80 Å². The van der Waals surface area contributed by atoms with Crippen molar-refractivity contribution in [3.8, 4) is 0 Å². The number of aliphatic hydroxyl groups excluding tert-OH is 1. The van der Waals surface area contributed by atoms with Gasteiger partial charge in [-0.05, 0) is 55.6 Å². The molecule has 4 fully saturated rings. The summed E-state index contributed by atoms with van der Waals surface area (Å²) >= 11 is 0. The van der Waals surface area contributed by atoms with Gasteiger partial charge >= 0.3 is 0 Å². The van der Waals surface area contributed by atoms with Crippen molar-refractivity contribution in [2.75, 3.05) is 26.2 Å². The summed E-state index contributed by atoms with van der Waals surface area (Å²) in [6.45, 7) is 5.00. The summed E-state index contributed by atoms with van der Waals surface area (Å²) in [4.78, 5) is 17.4. The van der Waals surface area contributed by atoms with Crippen molar-refractivity contribution in [2.24, 2.45) is 11.8 Å². The van der Waals surface area contributed by atoms with E-state index in [1.807, 2.05) is 6.92 Å². The van der Waals surface area contributed by atoms with Crippen molar-refractivity contribution >= 4 is 12.0 Å². The van der Waals surface area contributed by atoms with Gasteiger partial charge in [0.05, 0.1) is 12.1 Å². The van der Waals surface area contributed by atoms with Gasteiger partial charge in [-0.2, -0.15) is 0 Å². The zero-order valence-electron chi connectivity index (χ0n) is 18.3. The molecule has 1 aromatic rings. The normalized spacial score (nSPS) is 28.8. The Labute approximate surface area is 180 Å². The molecule has 2 aliphatic heterocycles. The van der Waals surface area contributed by atoms with Crippen molar-refractivity contribution in [3.63, 3.8) is 0 Å². The van der Waals surface area contributed by atoms with Crippen LogP contribution in [-0.4, -0.2) is 58.6 Å². The number of aliphatic hydroxyl groups is 1. The number of allylic oxidation sites excluding steroid dienone is 1. The van der Waals surface area contributed by atoms with Crippen LogP contribution in [0, 0.1) is 11.8 Å². The van der Waals surface area contributed by atoms with Gasteiger partial charge in [0, 0.05) is 38.0 Å². The number of carbonyl (C=O) groups is 1. The first-order valence-corrected chi connectivity index (χ1v) is 12.0. The van der Waals surface area contributed by atoms with E-state index in [9.17, 15) is 9.90 Å². The van der Waals surface area contributed by atoms with Crippen LogP contribution in [0.2, 0.25) is 0 Å². The van der Waals surface area contributed by atoms with E-state index in [1.165, 1.54) is 49.7 Å². The minimum Gasteiger partial charge on any atom is -0.395 e. The molecule has 4 aliphatic rings. The third-order valence-electron chi connectivity index (χ3n) is 8.15. The minimum atomic E-state index is 0.0251. The van der Waals surface area contributed by atoms with Gasteiger partial charge in [-0.15, -0.1) is 0 Å². The molecule has 2 atom stereocenters. The van der Waals surface area contributed by atoms with Gasteiger partial charge in [0.1, 0.15) is 0 Å². The zero-order chi connectivity index (χ0) is 20.7. The lowest BCUT2D eigenvalue weighted by atomic mass is 9.60. The minimum absolute atomic E-state index is 0.0251. The van der Waals surface area contributed by atoms with Gasteiger partial charge in [-0.1, -0.05) is 49.3 Å². The summed E-state index contributed by atoms with van der Waals surface area (Å²) in [5.41, 5.74) is 2.56. The van der Waals surface area contributed by atoms with Crippen LogP contribution in [0.3, 0.4) is 0 Å².